The molecule has 1 rings (SSSR count). The minimum Gasteiger partial charge on any atom is -0.374 e. The number of rotatable bonds is 6. The molecule has 0 saturated carbocycles. The number of pyridine rings is 1. The molecule has 0 fully saturated rings. The first kappa shape index (κ1) is 11.8. The lowest BCUT2D eigenvalue weighted by Crippen LogP contribution is -2.18. The second-order valence-corrected chi connectivity index (χ2v) is 3.78. The molecule has 0 aliphatic rings. The maximum Gasteiger partial charge on any atom is 0.127 e. The minimum absolute atomic E-state index is 0.926. The average Bonchev–Trinajstić information content (AvgIpc) is 2.29. The lowest BCUT2D eigenvalue weighted by Gasteiger charge is -2.19. The van der Waals surface area contributed by atoms with Gasteiger partial charge in [-0.15, -0.1) is 0 Å². The normalized spacial score (nSPS) is 10.1. The van der Waals surface area contributed by atoms with Crippen LogP contribution in [0.25, 0.3) is 0 Å². The van der Waals surface area contributed by atoms with E-state index >= 15 is 0 Å². The zero-order valence-electron chi connectivity index (χ0n) is 9.95. The van der Waals surface area contributed by atoms with Gasteiger partial charge in [0.15, 0.2) is 0 Å². The molecule has 1 heterocycles. The predicted molar refractivity (Wildman–Crippen MR) is 66.6 cm³/mol. The van der Waals surface area contributed by atoms with E-state index in [1.165, 1.54) is 24.9 Å². The van der Waals surface area contributed by atoms with Gasteiger partial charge in [0.05, 0.1) is 0 Å². The summed E-state index contributed by atoms with van der Waals surface area (Å²) in [5.41, 5.74) is 1.23. The topological polar surface area (TPSA) is 28.2 Å². The van der Waals surface area contributed by atoms with Crippen molar-refractivity contribution < 1.29 is 0 Å². The van der Waals surface area contributed by atoms with E-state index in [1.807, 2.05) is 19.3 Å². The number of unbranched alkanes of at least 4 members (excludes halogenated alkanes) is 2. The van der Waals surface area contributed by atoms with E-state index in [0.29, 0.717) is 0 Å². The zero-order chi connectivity index (χ0) is 11.1. The first-order chi connectivity index (χ1) is 7.27. The van der Waals surface area contributed by atoms with Crippen LogP contribution in [0.1, 0.15) is 26.2 Å². The molecule has 0 spiro atoms. The number of nitrogens with one attached hydrogen (secondary N) is 1. The third-order valence-corrected chi connectivity index (χ3v) is 2.54. The summed E-state index contributed by atoms with van der Waals surface area (Å²) in [6.07, 6.45) is 5.67. The summed E-state index contributed by atoms with van der Waals surface area (Å²) in [7, 11) is 4.02. The Labute approximate surface area is 92.5 Å². The smallest absolute Gasteiger partial charge is 0.127 e. The molecular weight excluding hydrogens is 186 g/mol. The molecule has 15 heavy (non-hydrogen) atoms. The van der Waals surface area contributed by atoms with Crippen LogP contribution in [0.15, 0.2) is 18.3 Å². The SMILES string of the molecule is CCCCCN(C)c1ccnc(NC)c1. The quantitative estimate of drug-likeness (QED) is 0.727. The van der Waals surface area contributed by atoms with Gasteiger partial charge in [-0.3, -0.25) is 0 Å². The van der Waals surface area contributed by atoms with E-state index in [1.54, 1.807) is 0 Å². The van der Waals surface area contributed by atoms with Gasteiger partial charge < -0.3 is 10.2 Å². The second kappa shape index (κ2) is 6.27. The summed E-state index contributed by atoms with van der Waals surface area (Å²) in [4.78, 5) is 6.47. The van der Waals surface area contributed by atoms with Crippen LogP contribution in [-0.4, -0.2) is 25.6 Å². The lowest BCUT2D eigenvalue weighted by atomic mass is 10.2. The van der Waals surface area contributed by atoms with Gasteiger partial charge in [0.25, 0.3) is 0 Å². The fraction of sp³-hybridized carbons (Fsp3) is 0.583. The Morgan fingerprint density at radius 2 is 2.20 bits per heavy atom. The molecule has 1 aromatic rings. The minimum atomic E-state index is 0.926. The largest absolute Gasteiger partial charge is 0.374 e. The summed E-state index contributed by atoms with van der Waals surface area (Å²) in [5.74, 6) is 0.926. The van der Waals surface area contributed by atoms with E-state index in [9.17, 15) is 0 Å². The molecule has 0 amide bonds. The van der Waals surface area contributed by atoms with Gasteiger partial charge in [-0.2, -0.15) is 0 Å². The Kier molecular flexibility index (Phi) is 4.95. The van der Waals surface area contributed by atoms with E-state index in [-0.39, 0.29) is 0 Å². The zero-order valence-corrected chi connectivity index (χ0v) is 9.95. The molecule has 0 aliphatic heterocycles. The molecule has 0 radical (unpaired) electrons. The predicted octanol–water partition coefficient (Wildman–Crippen LogP) is 2.75. The van der Waals surface area contributed by atoms with Crippen LogP contribution in [0.4, 0.5) is 11.5 Å². The number of hydrogen-bond donors (Lipinski definition) is 1. The van der Waals surface area contributed by atoms with Gasteiger partial charge in [0, 0.05) is 38.6 Å². The molecular formula is C12H21N3. The lowest BCUT2D eigenvalue weighted by molar-refractivity contribution is 0.705. The van der Waals surface area contributed by atoms with Crippen molar-refractivity contribution in [3.63, 3.8) is 0 Å². The monoisotopic (exact) mass is 207 g/mol. The van der Waals surface area contributed by atoms with E-state index in [0.717, 1.165) is 12.4 Å². The third kappa shape index (κ3) is 3.78. The molecule has 1 aromatic heterocycles. The van der Waals surface area contributed by atoms with Crippen LogP contribution < -0.4 is 10.2 Å². The highest BCUT2D eigenvalue weighted by atomic mass is 15.1. The molecule has 0 saturated heterocycles. The van der Waals surface area contributed by atoms with Crippen LogP contribution >= 0.6 is 0 Å². The summed E-state index contributed by atoms with van der Waals surface area (Å²) in [6.45, 7) is 3.34. The van der Waals surface area contributed by atoms with Crippen LogP contribution in [0.3, 0.4) is 0 Å². The van der Waals surface area contributed by atoms with Gasteiger partial charge >= 0.3 is 0 Å². The fourth-order valence-electron chi connectivity index (χ4n) is 1.52. The van der Waals surface area contributed by atoms with E-state index < -0.39 is 0 Å². The summed E-state index contributed by atoms with van der Waals surface area (Å²) in [5, 5.41) is 3.05. The van der Waals surface area contributed by atoms with Crippen LogP contribution in [-0.2, 0) is 0 Å². The summed E-state index contributed by atoms with van der Waals surface area (Å²) in [6, 6.07) is 4.12. The number of hydrogen-bond acceptors (Lipinski definition) is 3. The standard InChI is InChI=1S/C12H21N3/c1-4-5-6-9-15(3)11-7-8-14-12(10-11)13-2/h7-8,10H,4-6,9H2,1-3H3,(H,13,14). The van der Waals surface area contributed by atoms with Crippen molar-refractivity contribution in [1.29, 1.82) is 0 Å². The van der Waals surface area contributed by atoms with Crippen molar-refractivity contribution in [1.82, 2.24) is 4.98 Å². The molecule has 84 valence electrons. The van der Waals surface area contributed by atoms with Gasteiger partial charge in [0.1, 0.15) is 5.82 Å². The van der Waals surface area contributed by atoms with Crippen LogP contribution in [0, 0.1) is 0 Å². The van der Waals surface area contributed by atoms with Crippen molar-refractivity contribution in [3.05, 3.63) is 18.3 Å². The van der Waals surface area contributed by atoms with E-state index in [4.69, 9.17) is 0 Å². The van der Waals surface area contributed by atoms with E-state index in [2.05, 4.69) is 35.2 Å². The number of anilines is 2. The first-order valence-electron chi connectivity index (χ1n) is 5.63. The maximum absolute atomic E-state index is 4.20. The molecule has 3 nitrogen and oxygen atoms in total. The number of aromatic nitrogens is 1. The molecule has 0 unspecified atom stereocenters. The third-order valence-electron chi connectivity index (χ3n) is 2.54. The molecule has 0 aromatic carbocycles. The van der Waals surface area contributed by atoms with Gasteiger partial charge in [-0.1, -0.05) is 19.8 Å². The van der Waals surface area contributed by atoms with Gasteiger partial charge in [0.2, 0.25) is 0 Å². The highest BCUT2D eigenvalue weighted by Gasteiger charge is 2.01. The van der Waals surface area contributed by atoms with Crippen LogP contribution in [0.2, 0.25) is 0 Å². The summed E-state index contributed by atoms with van der Waals surface area (Å²) < 4.78 is 0. The Morgan fingerprint density at radius 3 is 2.87 bits per heavy atom. The Bertz CT molecular complexity index is 286. The highest BCUT2D eigenvalue weighted by molar-refractivity contribution is 5.52. The first-order valence-corrected chi connectivity index (χ1v) is 5.63. The average molecular weight is 207 g/mol. The highest BCUT2D eigenvalue weighted by Crippen LogP contribution is 2.15. The van der Waals surface area contributed by atoms with Crippen LogP contribution in [0.5, 0.6) is 0 Å². The fourth-order valence-corrected chi connectivity index (χ4v) is 1.52. The molecule has 0 bridgehead atoms. The molecule has 0 aliphatic carbocycles. The molecule has 3 heteroatoms. The van der Waals surface area contributed by atoms with Crippen molar-refractivity contribution in [3.8, 4) is 0 Å². The Hall–Kier alpha value is -1.25. The molecule has 1 N–H and O–H groups in total. The second-order valence-electron chi connectivity index (χ2n) is 3.78. The maximum atomic E-state index is 4.20. The van der Waals surface area contributed by atoms with Crippen molar-refractivity contribution in [2.45, 2.75) is 26.2 Å². The number of nitrogens with zero attached hydrogens (tertiary/aromatic N) is 2. The Balaban J connectivity index is 2.52. The summed E-state index contributed by atoms with van der Waals surface area (Å²) >= 11 is 0. The van der Waals surface area contributed by atoms with Crippen molar-refractivity contribution >= 4 is 11.5 Å². The van der Waals surface area contributed by atoms with Gasteiger partial charge in [-0.25, -0.2) is 4.98 Å². The van der Waals surface area contributed by atoms with Gasteiger partial charge in [-0.05, 0) is 12.5 Å². The molecule has 0 atom stereocenters. The van der Waals surface area contributed by atoms with Crippen molar-refractivity contribution in [2.24, 2.45) is 0 Å². The Morgan fingerprint density at radius 1 is 1.40 bits per heavy atom. The van der Waals surface area contributed by atoms with Crippen molar-refractivity contribution in [2.75, 3.05) is 30.9 Å².